The molecule has 1 aromatic heterocycles. The Labute approximate surface area is 381 Å². The number of hydrogen-bond donors (Lipinski definition) is 2. The molecule has 0 aromatic carbocycles. The van der Waals surface area contributed by atoms with Crippen LogP contribution in [0.25, 0.3) is 0 Å². The number of aromatic nitrogens is 3. The first-order valence-electron chi connectivity index (χ1n) is 26.4. The summed E-state index contributed by atoms with van der Waals surface area (Å²) >= 11 is 0. The fourth-order valence-electron chi connectivity index (χ4n) is 8.43. The van der Waals surface area contributed by atoms with E-state index in [0.717, 1.165) is 57.6 Å². The summed E-state index contributed by atoms with van der Waals surface area (Å²) in [5.74, 6) is 2.99. The van der Waals surface area contributed by atoms with Crippen LogP contribution in [0.4, 0.5) is 5.95 Å². The highest BCUT2D eigenvalue weighted by Crippen LogP contribution is 2.23. The molecule has 0 radical (unpaired) electrons. The minimum absolute atomic E-state index is 0. The highest BCUT2D eigenvalue weighted by molar-refractivity contribution is 5.25. The summed E-state index contributed by atoms with van der Waals surface area (Å²) in [6.45, 7) is 19.8. The zero-order valence-electron chi connectivity index (χ0n) is 41.1. The van der Waals surface area contributed by atoms with Crippen LogP contribution >= 0.6 is 0 Å². The summed E-state index contributed by atoms with van der Waals surface area (Å²) in [7, 11) is 0. The Morgan fingerprint density at radius 3 is 1.59 bits per heavy atom. The van der Waals surface area contributed by atoms with Crippen LogP contribution in [0.3, 0.4) is 0 Å². The van der Waals surface area contributed by atoms with Gasteiger partial charge in [-0.3, -0.25) is 0 Å². The van der Waals surface area contributed by atoms with Crippen molar-refractivity contribution in [1.82, 2.24) is 20.1 Å². The van der Waals surface area contributed by atoms with Gasteiger partial charge < -0.3 is 19.7 Å². The van der Waals surface area contributed by atoms with E-state index in [2.05, 4.69) is 72.7 Å². The van der Waals surface area contributed by atoms with Crippen molar-refractivity contribution in [2.45, 2.75) is 272 Å². The van der Waals surface area contributed by atoms with Crippen molar-refractivity contribution >= 4 is 5.95 Å². The van der Waals surface area contributed by atoms with Gasteiger partial charge in [-0.15, -0.1) is 5.10 Å². The molecule has 0 amide bonds. The Bertz CT molecular complexity index is 1170. The number of hydrogen-bond acceptors (Lipinski definition) is 7. The van der Waals surface area contributed by atoms with E-state index in [4.69, 9.17) is 14.7 Å². The van der Waals surface area contributed by atoms with Crippen LogP contribution in [0.1, 0.15) is 268 Å². The van der Waals surface area contributed by atoms with Crippen molar-refractivity contribution < 1.29 is 12.3 Å². The van der Waals surface area contributed by atoms with E-state index in [1.54, 1.807) is 0 Å². The zero-order valence-corrected chi connectivity index (χ0v) is 41.1. The molecule has 1 rings (SSSR count). The third-order valence-corrected chi connectivity index (χ3v) is 12.4. The Morgan fingerprint density at radius 1 is 0.639 bits per heavy atom. The first-order chi connectivity index (χ1) is 30.0. The lowest BCUT2D eigenvalue weighted by atomic mass is 10.0. The van der Waals surface area contributed by atoms with Crippen LogP contribution < -0.4 is 5.32 Å². The van der Waals surface area contributed by atoms with Crippen molar-refractivity contribution in [3.05, 3.63) is 30.0 Å². The Kier molecular flexibility index (Phi) is 39.6. The largest absolute Gasteiger partial charge is 0.495 e. The summed E-state index contributed by atoms with van der Waals surface area (Å²) in [5, 5.41) is 19.1. The molecule has 8 heteroatoms. The summed E-state index contributed by atoms with van der Waals surface area (Å²) in [6, 6.07) is 2.01. The van der Waals surface area contributed by atoms with Crippen molar-refractivity contribution in [3.63, 3.8) is 0 Å². The smallest absolute Gasteiger partial charge is 0.243 e. The topological polar surface area (TPSA) is 99.1 Å². The third-order valence-electron chi connectivity index (χ3n) is 12.4. The Hall–Kier alpha value is -2.53. The lowest BCUT2D eigenvalue weighted by molar-refractivity contribution is 0.0880. The Balaban J connectivity index is 0. The first kappa shape index (κ1) is 56.5. The maximum Gasteiger partial charge on any atom is 0.243 e. The van der Waals surface area contributed by atoms with Crippen molar-refractivity contribution in [1.29, 1.82) is 5.26 Å². The molecule has 358 valence electrons. The van der Waals surface area contributed by atoms with Gasteiger partial charge in [0.05, 0.1) is 23.7 Å². The van der Waals surface area contributed by atoms with Crippen LogP contribution in [-0.2, 0) is 9.47 Å². The SMILES string of the molecule is C=C(CCCCCCCN(CCCCCCC/C(=C\C)OC(CCCCCCCC)CCCCCCCC)CCCNc1n[nH]c(C#N)n1)OC(CC)CCCCCCCC.[HH].[HH]. The van der Waals surface area contributed by atoms with Crippen LogP contribution in [0.15, 0.2) is 24.2 Å². The van der Waals surface area contributed by atoms with Crippen molar-refractivity contribution in [2.75, 3.05) is 31.5 Å². The van der Waals surface area contributed by atoms with E-state index >= 15 is 0 Å². The third kappa shape index (κ3) is 34.6. The second kappa shape index (κ2) is 42.8. The van der Waals surface area contributed by atoms with E-state index in [1.165, 1.54) is 205 Å². The normalized spacial score (nSPS) is 12.3. The first-order valence-corrected chi connectivity index (χ1v) is 26.4. The van der Waals surface area contributed by atoms with E-state index in [0.29, 0.717) is 18.2 Å². The minimum Gasteiger partial charge on any atom is -0.495 e. The molecule has 0 aliphatic rings. The van der Waals surface area contributed by atoms with Crippen LogP contribution in [0.2, 0.25) is 0 Å². The van der Waals surface area contributed by atoms with Gasteiger partial charge in [0, 0.05) is 22.2 Å². The molecular formula is C53H104N6O2. The van der Waals surface area contributed by atoms with Gasteiger partial charge in [-0.1, -0.05) is 169 Å². The molecule has 0 spiro atoms. The number of ether oxygens (including phenoxy) is 2. The summed E-state index contributed by atoms with van der Waals surface area (Å²) in [5.41, 5.74) is 0. The average molecular weight is 857 g/mol. The predicted molar refractivity (Wildman–Crippen MR) is 267 cm³/mol. The molecular weight excluding hydrogens is 753 g/mol. The van der Waals surface area contributed by atoms with E-state index in [9.17, 15) is 0 Å². The fraction of sp³-hybridized carbons (Fsp3) is 0.868. The number of H-pyrrole nitrogens is 1. The van der Waals surface area contributed by atoms with E-state index in [1.807, 2.05) is 6.07 Å². The number of unbranched alkanes of at least 4 members (excludes halogenated alkanes) is 23. The van der Waals surface area contributed by atoms with E-state index < -0.39 is 0 Å². The highest BCUT2D eigenvalue weighted by atomic mass is 16.5. The van der Waals surface area contributed by atoms with Crippen molar-refractivity contribution in [2.24, 2.45) is 0 Å². The van der Waals surface area contributed by atoms with Crippen LogP contribution in [0.5, 0.6) is 0 Å². The molecule has 0 bridgehead atoms. The number of nitrogens with one attached hydrogen (secondary N) is 2. The number of aromatic amines is 1. The lowest BCUT2D eigenvalue weighted by Crippen LogP contribution is -2.28. The molecule has 0 aliphatic heterocycles. The molecule has 1 heterocycles. The molecule has 0 saturated carbocycles. The molecule has 1 aromatic rings. The van der Waals surface area contributed by atoms with Gasteiger partial charge in [-0.25, -0.2) is 5.10 Å². The molecule has 0 aliphatic carbocycles. The molecule has 0 fully saturated rings. The van der Waals surface area contributed by atoms with Gasteiger partial charge in [0.1, 0.15) is 6.07 Å². The van der Waals surface area contributed by atoms with Crippen molar-refractivity contribution in [3.8, 4) is 6.07 Å². The van der Waals surface area contributed by atoms with Gasteiger partial charge in [0.25, 0.3) is 0 Å². The Morgan fingerprint density at radius 2 is 1.10 bits per heavy atom. The summed E-state index contributed by atoms with van der Waals surface area (Å²) in [4.78, 5) is 6.84. The van der Waals surface area contributed by atoms with Gasteiger partial charge in [-0.05, 0) is 110 Å². The van der Waals surface area contributed by atoms with Gasteiger partial charge in [0.15, 0.2) is 0 Å². The summed E-state index contributed by atoms with van der Waals surface area (Å²) < 4.78 is 13.0. The monoisotopic (exact) mass is 857 g/mol. The quantitative estimate of drug-likeness (QED) is 0.0497. The van der Waals surface area contributed by atoms with Gasteiger partial charge >= 0.3 is 0 Å². The molecule has 2 N–H and O–H groups in total. The highest BCUT2D eigenvalue weighted by Gasteiger charge is 2.13. The molecule has 61 heavy (non-hydrogen) atoms. The average Bonchev–Trinajstić information content (AvgIpc) is 3.74. The molecule has 8 nitrogen and oxygen atoms in total. The van der Waals surface area contributed by atoms with E-state index in [-0.39, 0.29) is 8.68 Å². The fourth-order valence-corrected chi connectivity index (χ4v) is 8.43. The van der Waals surface area contributed by atoms with Gasteiger partial charge in [0.2, 0.25) is 11.8 Å². The van der Waals surface area contributed by atoms with Crippen LogP contribution in [0, 0.1) is 11.3 Å². The number of rotatable bonds is 47. The van der Waals surface area contributed by atoms with Crippen LogP contribution in [-0.4, -0.2) is 58.5 Å². The predicted octanol–water partition coefficient (Wildman–Crippen LogP) is 16.8. The number of nitriles is 1. The standard InChI is InChI=1S/C53H100N6O2.2H2/c1-7-12-15-18-24-31-39-49(10-4)60-48(6)38-30-23-21-28-35-44-59(46-37-43-55-53-56-52(47-54)57-58-53)45-36-29-22-27-32-40-50(11-5)61-51(41-33-25-19-16-13-8-2)42-34-26-20-17-14-9-3;;/h11,49,51H,6-10,12-46H2,1-5H3,(H2,55,56,57,58);2*1H/b50-11+;;. The number of allylic oxidation sites excluding steroid dienone is 3. The second-order valence-electron chi connectivity index (χ2n) is 18.1. The second-order valence-corrected chi connectivity index (χ2v) is 18.1. The number of anilines is 1. The molecule has 1 atom stereocenters. The minimum atomic E-state index is 0. The molecule has 0 saturated heterocycles. The maximum atomic E-state index is 9.05. The lowest BCUT2D eigenvalue weighted by Gasteiger charge is -2.22. The summed E-state index contributed by atoms with van der Waals surface area (Å²) in [6.07, 6.45) is 47.6. The zero-order chi connectivity index (χ0) is 44.3. The number of nitrogens with zero attached hydrogens (tertiary/aromatic N) is 4. The molecule has 1 unspecified atom stereocenters. The maximum absolute atomic E-state index is 9.05. The van der Waals surface area contributed by atoms with Gasteiger partial charge in [-0.2, -0.15) is 10.2 Å².